The van der Waals surface area contributed by atoms with Crippen LogP contribution in [0.5, 0.6) is 5.75 Å². The minimum Gasteiger partial charge on any atom is -0.497 e. The van der Waals surface area contributed by atoms with E-state index >= 15 is 0 Å². The van der Waals surface area contributed by atoms with Gasteiger partial charge in [-0.25, -0.2) is 8.42 Å². The molecule has 0 aromatic heterocycles. The lowest BCUT2D eigenvalue weighted by Crippen LogP contribution is -2.30. The molecule has 134 valence electrons. The molecule has 0 aliphatic carbocycles. The quantitative estimate of drug-likeness (QED) is 0.559. The summed E-state index contributed by atoms with van der Waals surface area (Å²) in [7, 11) is -2.18. The summed E-state index contributed by atoms with van der Waals surface area (Å²) in [6.07, 6.45) is 0. The lowest BCUT2D eigenvalue weighted by molar-refractivity contribution is 0.415. The molecule has 3 aromatic carbocycles. The molecule has 26 heavy (non-hydrogen) atoms. The number of anilines is 1. The Balaban J connectivity index is 2.08. The molecule has 0 amide bonds. The zero-order chi connectivity index (χ0) is 18.6. The normalized spacial score (nSPS) is 11.2. The maximum atomic E-state index is 13.4. The molecule has 0 unspecified atom stereocenters. The van der Waals surface area contributed by atoms with Crippen LogP contribution < -0.4 is 9.04 Å². The Hall–Kier alpha value is -2.31. The van der Waals surface area contributed by atoms with Gasteiger partial charge in [-0.2, -0.15) is 0 Å². The van der Waals surface area contributed by atoms with Gasteiger partial charge in [0, 0.05) is 4.47 Å². The number of sulfonamides is 1. The summed E-state index contributed by atoms with van der Waals surface area (Å²) in [6, 6.07) is 23.3. The molecule has 3 rings (SSSR count). The van der Waals surface area contributed by atoms with Crippen molar-refractivity contribution < 1.29 is 13.2 Å². The molecule has 0 spiro atoms. The first-order valence-electron chi connectivity index (χ1n) is 7.97. The minimum atomic E-state index is -3.76. The smallest absolute Gasteiger partial charge is 0.265 e. The van der Waals surface area contributed by atoms with E-state index in [9.17, 15) is 8.42 Å². The van der Waals surface area contributed by atoms with Crippen LogP contribution in [0.2, 0.25) is 0 Å². The van der Waals surface area contributed by atoms with Crippen LogP contribution in [0, 0.1) is 0 Å². The highest BCUT2D eigenvalue weighted by Crippen LogP contribution is 2.31. The molecule has 6 heteroatoms. The lowest BCUT2D eigenvalue weighted by Gasteiger charge is -2.25. The molecule has 0 saturated heterocycles. The van der Waals surface area contributed by atoms with Crippen LogP contribution in [0.4, 0.5) is 5.69 Å². The Morgan fingerprint density at radius 2 is 1.50 bits per heavy atom. The van der Waals surface area contributed by atoms with Crippen LogP contribution in [0.3, 0.4) is 0 Å². The number of halogens is 1. The fraction of sp³-hybridized carbons (Fsp3) is 0.100. The van der Waals surface area contributed by atoms with E-state index < -0.39 is 10.0 Å². The maximum Gasteiger partial charge on any atom is 0.265 e. The molecule has 0 fully saturated rings. The zero-order valence-electron chi connectivity index (χ0n) is 14.2. The summed E-state index contributed by atoms with van der Waals surface area (Å²) < 4.78 is 33.9. The van der Waals surface area contributed by atoms with Crippen molar-refractivity contribution in [3.63, 3.8) is 0 Å². The van der Waals surface area contributed by atoms with Crippen molar-refractivity contribution in [2.75, 3.05) is 11.4 Å². The van der Waals surface area contributed by atoms with Gasteiger partial charge in [-0.1, -0.05) is 42.5 Å². The Morgan fingerprint density at radius 3 is 2.12 bits per heavy atom. The van der Waals surface area contributed by atoms with Crippen LogP contribution in [0.25, 0.3) is 0 Å². The van der Waals surface area contributed by atoms with Gasteiger partial charge in [0.05, 0.1) is 19.3 Å². The Labute approximate surface area is 162 Å². The first-order chi connectivity index (χ1) is 12.5. The minimum absolute atomic E-state index is 0.228. The molecular formula is C20H18BrNO3S. The summed E-state index contributed by atoms with van der Waals surface area (Å²) in [6.45, 7) is 0.233. The number of nitrogens with zero attached hydrogens (tertiary/aromatic N) is 1. The molecule has 0 atom stereocenters. The van der Waals surface area contributed by atoms with E-state index in [1.807, 2.05) is 30.3 Å². The van der Waals surface area contributed by atoms with Crippen LogP contribution in [0.15, 0.2) is 88.2 Å². The average Bonchev–Trinajstić information content (AvgIpc) is 2.67. The van der Waals surface area contributed by atoms with Gasteiger partial charge in [-0.3, -0.25) is 4.31 Å². The number of benzene rings is 3. The topological polar surface area (TPSA) is 46.6 Å². The number of rotatable bonds is 6. The van der Waals surface area contributed by atoms with Gasteiger partial charge in [-0.15, -0.1) is 0 Å². The number of hydrogen-bond donors (Lipinski definition) is 0. The van der Waals surface area contributed by atoms with E-state index in [1.54, 1.807) is 55.6 Å². The van der Waals surface area contributed by atoms with E-state index in [0.29, 0.717) is 15.9 Å². The predicted molar refractivity (Wildman–Crippen MR) is 107 cm³/mol. The molecule has 0 aliphatic heterocycles. The fourth-order valence-corrected chi connectivity index (χ4v) is 5.00. The summed E-state index contributed by atoms with van der Waals surface area (Å²) >= 11 is 3.36. The van der Waals surface area contributed by atoms with Crippen molar-refractivity contribution in [3.05, 3.63) is 88.9 Å². The highest BCUT2D eigenvalue weighted by Gasteiger charge is 2.27. The van der Waals surface area contributed by atoms with Crippen molar-refractivity contribution in [1.29, 1.82) is 0 Å². The Morgan fingerprint density at radius 1 is 0.885 bits per heavy atom. The van der Waals surface area contributed by atoms with E-state index in [0.717, 1.165) is 5.56 Å². The summed E-state index contributed by atoms with van der Waals surface area (Å²) in [5.74, 6) is 0.673. The van der Waals surface area contributed by atoms with Crippen molar-refractivity contribution in [1.82, 2.24) is 0 Å². The third-order valence-electron chi connectivity index (χ3n) is 3.93. The fourth-order valence-electron chi connectivity index (χ4n) is 2.59. The number of methoxy groups -OCH3 is 1. The third kappa shape index (κ3) is 3.92. The first-order valence-corrected chi connectivity index (χ1v) is 10.2. The van der Waals surface area contributed by atoms with Crippen molar-refractivity contribution >= 4 is 31.6 Å². The van der Waals surface area contributed by atoms with Crippen molar-refractivity contribution in [2.24, 2.45) is 0 Å². The molecular weight excluding hydrogens is 414 g/mol. The van der Waals surface area contributed by atoms with Gasteiger partial charge >= 0.3 is 0 Å². The molecule has 0 heterocycles. The van der Waals surface area contributed by atoms with Gasteiger partial charge in [0.15, 0.2) is 0 Å². The van der Waals surface area contributed by atoms with Crippen LogP contribution in [-0.4, -0.2) is 15.5 Å². The maximum absolute atomic E-state index is 13.4. The van der Waals surface area contributed by atoms with Crippen LogP contribution >= 0.6 is 15.9 Å². The Kier molecular flexibility index (Phi) is 5.64. The SMILES string of the molecule is COc1ccc(N(Cc2ccccc2)S(=O)(=O)c2ccccc2Br)cc1. The van der Waals surface area contributed by atoms with Gasteiger partial charge in [-0.05, 0) is 57.9 Å². The summed E-state index contributed by atoms with van der Waals surface area (Å²) in [5, 5.41) is 0. The van der Waals surface area contributed by atoms with Crippen molar-refractivity contribution in [2.45, 2.75) is 11.4 Å². The summed E-state index contributed by atoms with van der Waals surface area (Å²) in [5.41, 5.74) is 1.48. The Bertz CT molecular complexity index is 973. The van der Waals surface area contributed by atoms with Crippen LogP contribution in [0.1, 0.15) is 5.56 Å². The third-order valence-corrected chi connectivity index (χ3v) is 6.72. The van der Waals surface area contributed by atoms with E-state index in [-0.39, 0.29) is 11.4 Å². The monoisotopic (exact) mass is 431 g/mol. The molecule has 0 N–H and O–H groups in total. The highest BCUT2D eigenvalue weighted by atomic mass is 79.9. The highest BCUT2D eigenvalue weighted by molar-refractivity contribution is 9.10. The lowest BCUT2D eigenvalue weighted by atomic mass is 10.2. The standard InChI is InChI=1S/C20H18BrNO3S/c1-25-18-13-11-17(12-14-18)22(15-16-7-3-2-4-8-16)26(23,24)20-10-6-5-9-19(20)21/h2-14H,15H2,1H3. The second kappa shape index (κ2) is 7.93. The van der Waals surface area contributed by atoms with Gasteiger partial charge < -0.3 is 4.74 Å². The van der Waals surface area contributed by atoms with Gasteiger partial charge in [0.2, 0.25) is 0 Å². The van der Waals surface area contributed by atoms with Gasteiger partial charge in [0.1, 0.15) is 10.6 Å². The van der Waals surface area contributed by atoms with Crippen LogP contribution in [-0.2, 0) is 16.6 Å². The first kappa shape index (κ1) is 18.5. The van der Waals surface area contributed by atoms with Gasteiger partial charge in [0.25, 0.3) is 10.0 Å². The number of ether oxygens (including phenoxy) is 1. The van der Waals surface area contributed by atoms with E-state index in [1.165, 1.54) is 4.31 Å². The van der Waals surface area contributed by atoms with Crippen molar-refractivity contribution in [3.8, 4) is 5.75 Å². The molecule has 0 aliphatic rings. The summed E-state index contributed by atoms with van der Waals surface area (Å²) in [4.78, 5) is 0.228. The molecule has 3 aromatic rings. The second-order valence-electron chi connectivity index (χ2n) is 5.63. The molecule has 0 bridgehead atoms. The molecule has 0 radical (unpaired) electrons. The molecule has 0 saturated carbocycles. The average molecular weight is 432 g/mol. The zero-order valence-corrected chi connectivity index (χ0v) is 16.6. The second-order valence-corrected chi connectivity index (χ2v) is 8.31. The molecule has 4 nitrogen and oxygen atoms in total. The number of hydrogen-bond acceptors (Lipinski definition) is 3. The van der Waals surface area contributed by atoms with E-state index in [2.05, 4.69) is 15.9 Å². The largest absolute Gasteiger partial charge is 0.497 e. The predicted octanol–water partition coefficient (Wildman–Crippen LogP) is 4.85. The van der Waals surface area contributed by atoms with E-state index in [4.69, 9.17) is 4.74 Å².